The molecule has 0 aromatic carbocycles. The summed E-state index contributed by atoms with van der Waals surface area (Å²) in [6.45, 7) is 5.06. The first-order valence-electron chi connectivity index (χ1n) is 5.72. The van der Waals surface area contributed by atoms with Gasteiger partial charge in [-0.25, -0.2) is 0 Å². The lowest BCUT2D eigenvalue weighted by molar-refractivity contribution is 0.0327. The van der Waals surface area contributed by atoms with E-state index in [4.69, 9.17) is 4.74 Å². The van der Waals surface area contributed by atoms with Crippen LogP contribution in [0.4, 0.5) is 0 Å². The summed E-state index contributed by atoms with van der Waals surface area (Å²) in [5.74, 6) is 0.647. The fourth-order valence-corrected chi connectivity index (χ4v) is 2.92. The van der Waals surface area contributed by atoms with E-state index in [2.05, 4.69) is 29.1 Å². The molecule has 0 spiro atoms. The van der Waals surface area contributed by atoms with E-state index < -0.39 is 0 Å². The molecule has 2 rings (SSSR count). The monoisotopic (exact) mass is 225 g/mol. The van der Waals surface area contributed by atoms with Crippen LogP contribution >= 0.6 is 11.3 Å². The summed E-state index contributed by atoms with van der Waals surface area (Å²) in [6, 6.07) is 2.87. The number of nitrogens with one attached hydrogen (secondary N) is 1. The normalized spacial score (nSPS) is 26.7. The second-order valence-electron chi connectivity index (χ2n) is 4.12. The van der Waals surface area contributed by atoms with Gasteiger partial charge in [0.15, 0.2) is 0 Å². The van der Waals surface area contributed by atoms with Crippen LogP contribution in [0.25, 0.3) is 0 Å². The van der Waals surface area contributed by atoms with Gasteiger partial charge in [0, 0.05) is 18.6 Å². The van der Waals surface area contributed by atoms with Crippen molar-refractivity contribution >= 4 is 11.3 Å². The molecule has 0 radical (unpaired) electrons. The average molecular weight is 225 g/mol. The Labute approximate surface area is 95.6 Å². The predicted octanol–water partition coefficient (Wildman–Crippen LogP) is 2.31. The quantitative estimate of drug-likeness (QED) is 0.849. The maximum Gasteiger partial charge on any atom is 0.0512 e. The molecule has 1 aromatic rings. The molecule has 2 heterocycles. The molecular weight excluding hydrogens is 206 g/mol. The van der Waals surface area contributed by atoms with Gasteiger partial charge in [-0.05, 0) is 41.8 Å². The molecule has 1 aliphatic rings. The Morgan fingerprint density at radius 3 is 3.27 bits per heavy atom. The van der Waals surface area contributed by atoms with Gasteiger partial charge >= 0.3 is 0 Å². The predicted molar refractivity (Wildman–Crippen MR) is 64.4 cm³/mol. The van der Waals surface area contributed by atoms with Crippen LogP contribution in [0.15, 0.2) is 16.8 Å². The summed E-state index contributed by atoms with van der Waals surface area (Å²) < 4.78 is 5.57. The summed E-state index contributed by atoms with van der Waals surface area (Å²) >= 11 is 1.78. The van der Waals surface area contributed by atoms with Crippen LogP contribution in [0.3, 0.4) is 0 Å². The van der Waals surface area contributed by atoms with Crippen molar-refractivity contribution in [3.63, 3.8) is 0 Å². The van der Waals surface area contributed by atoms with Crippen LogP contribution in [0.2, 0.25) is 0 Å². The van der Waals surface area contributed by atoms with E-state index >= 15 is 0 Å². The van der Waals surface area contributed by atoms with Crippen LogP contribution in [0, 0.1) is 5.92 Å². The summed E-state index contributed by atoms with van der Waals surface area (Å²) in [5, 5.41) is 7.97. The average Bonchev–Trinajstić information content (AvgIpc) is 2.74. The van der Waals surface area contributed by atoms with Gasteiger partial charge < -0.3 is 10.1 Å². The highest BCUT2D eigenvalue weighted by Crippen LogP contribution is 2.20. The Kier molecular flexibility index (Phi) is 4.18. The van der Waals surface area contributed by atoms with E-state index in [1.807, 2.05) is 0 Å². The molecule has 0 bridgehead atoms. The Morgan fingerprint density at radius 1 is 1.60 bits per heavy atom. The van der Waals surface area contributed by atoms with E-state index in [9.17, 15) is 0 Å². The standard InChI is InChI=1S/C12H19NOS/c1-2-13-12-3-5-14-8-11(12)7-10-4-6-15-9-10/h4,6,9,11-13H,2-3,5,7-8H2,1H3. The minimum Gasteiger partial charge on any atom is -0.381 e. The molecule has 84 valence electrons. The first-order chi connectivity index (χ1) is 7.40. The Bertz CT molecular complexity index is 271. The molecule has 0 saturated carbocycles. The Morgan fingerprint density at radius 2 is 2.53 bits per heavy atom. The van der Waals surface area contributed by atoms with Crippen LogP contribution in [0.1, 0.15) is 18.9 Å². The SMILES string of the molecule is CCNC1CCOCC1Cc1ccsc1. The van der Waals surface area contributed by atoms with E-state index in [1.54, 1.807) is 11.3 Å². The van der Waals surface area contributed by atoms with Gasteiger partial charge in [0.25, 0.3) is 0 Å². The molecule has 1 saturated heterocycles. The lowest BCUT2D eigenvalue weighted by Gasteiger charge is -2.32. The molecule has 2 unspecified atom stereocenters. The van der Waals surface area contributed by atoms with Crippen LogP contribution < -0.4 is 5.32 Å². The zero-order valence-electron chi connectivity index (χ0n) is 9.24. The zero-order valence-corrected chi connectivity index (χ0v) is 10.1. The molecule has 15 heavy (non-hydrogen) atoms. The van der Waals surface area contributed by atoms with Crippen molar-refractivity contribution in [2.24, 2.45) is 5.92 Å². The molecule has 1 aromatic heterocycles. The van der Waals surface area contributed by atoms with Gasteiger partial charge in [-0.1, -0.05) is 6.92 Å². The number of ether oxygens (including phenoxy) is 1. The van der Waals surface area contributed by atoms with E-state index in [-0.39, 0.29) is 0 Å². The van der Waals surface area contributed by atoms with Crippen molar-refractivity contribution in [1.29, 1.82) is 0 Å². The van der Waals surface area contributed by atoms with E-state index in [0.29, 0.717) is 12.0 Å². The summed E-state index contributed by atoms with van der Waals surface area (Å²) in [5.41, 5.74) is 1.46. The lowest BCUT2D eigenvalue weighted by atomic mass is 9.90. The van der Waals surface area contributed by atoms with Crippen LogP contribution in [-0.2, 0) is 11.2 Å². The summed E-state index contributed by atoms with van der Waals surface area (Å²) in [6.07, 6.45) is 2.31. The van der Waals surface area contributed by atoms with Crippen LogP contribution in [-0.4, -0.2) is 25.8 Å². The molecular formula is C12H19NOS. The maximum absolute atomic E-state index is 5.57. The Balaban J connectivity index is 1.92. The second kappa shape index (κ2) is 5.64. The first-order valence-corrected chi connectivity index (χ1v) is 6.66. The van der Waals surface area contributed by atoms with Crippen molar-refractivity contribution in [2.45, 2.75) is 25.8 Å². The van der Waals surface area contributed by atoms with Crippen molar-refractivity contribution in [1.82, 2.24) is 5.32 Å². The third kappa shape index (κ3) is 3.03. The molecule has 0 aliphatic carbocycles. The van der Waals surface area contributed by atoms with Gasteiger partial charge in [0.2, 0.25) is 0 Å². The van der Waals surface area contributed by atoms with Crippen molar-refractivity contribution < 1.29 is 4.74 Å². The number of hydrogen-bond acceptors (Lipinski definition) is 3. The van der Waals surface area contributed by atoms with Crippen molar-refractivity contribution in [2.75, 3.05) is 19.8 Å². The molecule has 1 fully saturated rings. The first kappa shape index (κ1) is 11.1. The van der Waals surface area contributed by atoms with E-state index in [1.165, 1.54) is 5.56 Å². The maximum atomic E-state index is 5.57. The molecule has 0 amide bonds. The lowest BCUT2D eigenvalue weighted by Crippen LogP contribution is -2.43. The summed E-state index contributed by atoms with van der Waals surface area (Å²) in [7, 11) is 0. The van der Waals surface area contributed by atoms with Gasteiger partial charge in [-0.3, -0.25) is 0 Å². The third-order valence-electron chi connectivity index (χ3n) is 3.02. The third-order valence-corrected chi connectivity index (χ3v) is 3.75. The molecule has 1 aliphatic heterocycles. The topological polar surface area (TPSA) is 21.3 Å². The molecule has 2 nitrogen and oxygen atoms in total. The minimum atomic E-state index is 0.642. The van der Waals surface area contributed by atoms with Gasteiger partial charge in [0.05, 0.1) is 6.61 Å². The fraction of sp³-hybridized carbons (Fsp3) is 0.667. The number of rotatable bonds is 4. The highest BCUT2D eigenvalue weighted by Gasteiger charge is 2.24. The smallest absolute Gasteiger partial charge is 0.0512 e. The fourth-order valence-electron chi connectivity index (χ4n) is 2.24. The zero-order chi connectivity index (χ0) is 10.5. The summed E-state index contributed by atoms with van der Waals surface area (Å²) in [4.78, 5) is 0. The van der Waals surface area contributed by atoms with Gasteiger partial charge in [0.1, 0.15) is 0 Å². The van der Waals surface area contributed by atoms with Gasteiger partial charge in [-0.2, -0.15) is 11.3 Å². The van der Waals surface area contributed by atoms with Crippen molar-refractivity contribution in [3.05, 3.63) is 22.4 Å². The molecule has 3 heteroatoms. The largest absolute Gasteiger partial charge is 0.381 e. The van der Waals surface area contributed by atoms with Crippen LogP contribution in [0.5, 0.6) is 0 Å². The molecule has 1 N–H and O–H groups in total. The van der Waals surface area contributed by atoms with Gasteiger partial charge in [-0.15, -0.1) is 0 Å². The Hall–Kier alpha value is -0.380. The number of thiophene rings is 1. The minimum absolute atomic E-state index is 0.642. The number of hydrogen-bond donors (Lipinski definition) is 1. The van der Waals surface area contributed by atoms with Crippen molar-refractivity contribution in [3.8, 4) is 0 Å². The highest BCUT2D eigenvalue weighted by molar-refractivity contribution is 7.07. The highest BCUT2D eigenvalue weighted by atomic mass is 32.1. The molecule has 2 atom stereocenters. The van der Waals surface area contributed by atoms with E-state index in [0.717, 1.165) is 32.6 Å². The second-order valence-corrected chi connectivity index (χ2v) is 4.90.